The van der Waals surface area contributed by atoms with Crippen molar-refractivity contribution in [3.63, 3.8) is 0 Å². The highest BCUT2D eigenvalue weighted by Crippen LogP contribution is 2.37. The molecule has 0 aliphatic carbocycles. The van der Waals surface area contributed by atoms with Crippen molar-refractivity contribution in [2.24, 2.45) is 0 Å². The first-order valence-electron chi connectivity index (χ1n) is 13.3. The Morgan fingerprint density at radius 1 is 0.333 bits per heavy atom. The maximum atomic E-state index is 6.55. The minimum Gasteiger partial charge on any atom is -0.456 e. The second-order valence-corrected chi connectivity index (χ2v) is 10.2. The molecule has 9 rings (SSSR count). The summed E-state index contributed by atoms with van der Waals surface area (Å²) in [6.07, 6.45) is 0. The van der Waals surface area contributed by atoms with Crippen LogP contribution in [-0.4, -0.2) is 9.13 Å². The molecular formula is C36H22N2O. The predicted octanol–water partition coefficient (Wildman–Crippen LogP) is 9.78. The predicted molar refractivity (Wildman–Crippen MR) is 162 cm³/mol. The Kier molecular flexibility index (Phi) is 4.05. The molecular weight excluding hydrogens is 476 g/mol. The van der Waals surface area contributed by atoms with E-state index in [-0.39, 0.29) is 0 Å². The fraction of sp³-hybridized carbons (Fsp3) is 0. The minimum atomic E-state index is 0.892. The lowest BCUT2D eigenvalue weighted by atomic mass is 10.1. The van der Waals surface area contributed by atoms with E-state index in [9.17, 15) is 0 Å². The van der Waals surface area contributed by atoms with E-state index < -0.39 is 0 Å². The Bertz CT molecular complexity index is 2120. The second kappa shape index (κ2) is 7.62. The Balaban J connectivity index is 1.27. The molecule has 182 valence electrons. The van der Waals surface area contributed by atoms with Crippen LogP contribution in [0.1, 0.15) is 0 Å². The molecule has 0 atom stereocenters. The summed E-state index contributed by atoms with van der Waals surface area (Å²) in [6, 6.07) is 47.6. The van der Waals surface area contributed by atoms with E-state index in [1.165, 1.54) is 43.6 Å². The van der Waals surface area contributed by atoms with Crippen LogP contribution in [-0.2, 0) is 0 Å². The summed E-state index contributed by atoms with van der Waals surface area (Å²) in [7, 11) is 0. The van der Waals surface area contributed by atoms with E-state index in [1.54, 1.807) is 0 Å². The number of hydrogen-bond acceptors (Lipinski definition) is 1. The van der Waals surface area contributed by atoms with E-state index in [1.807, 2.05) is 0 Å². The number of para-hydroxylation sites is 4. The van der Waals surface area contributed by atoms with Gasteiger partial charge in [0.1, 0.15) is 11.2 Å². The SMILES string of the molecule is c1ccc2c(c1)c1ccccc1n2-c1ccc2c(c1)oc1cc(-n3c4ccccc4c4ccccc43)ccc12. The van der Waals surface area contributed by atoms with Crippen molar-refractivity contribution >= 4 is 65.6 Å². The van der Waals surface area contributed by atoms with E-state index in [4.69, 9.17) is 4.42 Å². The zero-order chi connectivity index (χ0) is 25.5. The van der Waals surface area contributed by atoms with Crippen LogP contribution < -0.4 is 0 Å². The van der Waals surface area contributed by atoms with Gasteiger partial charge in [-0.05, 0) is 48.5 Å². The molecule has 0 saturated heterocycles. The number of furan rings is 1. The van der Waals surface area contributed by atoms with Gasteiger partial charge in [0.2, 0.25) is 0 Å². The maximum absolute atomic E-state index is 6.55. The number of aromatic nitrogens is 2. The third-order valence-corrected chi connectivity index (χ3v) is 8.12. The largest absolute Gasteiger partial charge is 0.456 e. The lowest BCUT2D eigenvalue weighted by Crippen LogP contribution is -1.93. The Hall–Kier alpha value is -5.28. The molecule has 0 aliphatic heterocycles. The summed E-state index contributed by atoms with van der Waals surface area (Å²) in [5.41, 5.74) is 8.77. The molecule has 0 aliphatic rings. The first kappa shape index (κ1) is 20.7. The Morgan fingerprint density at radius 3 is 1.03 bits per heavy atom. The van der Waals surface area contributed by atoms with Gasteiger partial charge in [-0.15, -0.1) is 0 Å². The van der Waals surface area contributed by atoms with Gasteiger partial charge in [-0.3, -0.25) is 0 Å². The van der Waals surface area contributed by atoms with E-state index in [0.29, 0.717) is 0 Å². The highest BCUT2D eigenvalue weighted by atomic mass is 16.3. The smallest absolute Gasteiger partial charge is 0.137 e. The molecule has 0 saturated carbocycles. The van der Waals surface area contributed by atoms with Gasteiger partial charge < -0.3 is 13.6 Å². The van der Waals surface area contributed by atoms with E-state index in [0.717, 1.165) is 33.3 Å². The molecule has 0 unspecified atom stereocenters. The van der Waals surface area contributed by atoms with Crippen molar-refractivity contribution in [2.45, 2.75) is 0 Å². The van der Waals surface area contributed by atoms with E-state index >= 15 is 0 Å². The van der Waals surface area contributed by atoms with Gasteiger partial charge >= 0.3 is 0 Å². The van der Waals surface area contributed by atoms with E-state index in [2.05, 4.69) is 143 Å². The van der Waals surface area contributed by atoms with Gasteiger partial charge in [0.15, 0.2) is 0 Å². The normalized spacial score (nSPS) is 12.1. The average molecular weight is 499 g/mol. The fourth-order valence-corrected chi connectivity index (χ4v) is 6.43. The summed E-state index contributed by atoms with van der Waals surface area (Å²) in [4.78, 5) is 0. The van der Waals surface area contributed by atoms with Gasteiger partial charge in [0.05, 0.1) is 22.1 Å². The van der Waals surface area contributed by atoms with Crippen LogP contribution in [0.3, 0.4) is 0 Å². The molecule has 0 radical (unpaired) electrons. The van der Waals surface area contributed by atoms with Crippen LogP contribution in [0.4, 0.5) is 0 Å². The van der Waals surface area contributed by atoms with Crippen LogP contribution in [0.5, 0.6) is 0 Å². The standard InChI is InChI=1S/C36H22N2O/c1-5-13-31-25(9-1)26-10-2-6-14-32(26)37(31)23-17-19-29-30-20-18-24(22-36(30)39-35(29)21-23)38-33-15-7-3-11-27(33)28-12-4-8-16-34(28)38/h1-22H. The highest BCUT2D eigenvalue weighted by molar-refractivity contribution is 6.11. The minimum absolute atomic E-state index is 0.892. The maximum Gasteiger partial charge on any atom is 0.137 e. The van der Waals surface area contributed by atoms with Crippen LogP contribution in [0.15, 0.2) is 138 Å². The molecule has 39 heavy (non-hydrogen) atoms. The zero-order valence-electron chi connectivity index (χ0n) is 21.0. The van der Waals surface area contributed by atoms with Gasteiger partial charge in [-0.2, -0.15) is 0 Å². The van der Waals surface area contributed by atoms with Crippen molar-refractivity contribution in [1.82, 2.24) is 9.13 Å². The van der Waals surface area contributed by atoms with Crippen molar-refractivity contribution in [3.8, 4) is 11.4 Å². The van der Waals surface area contributed by atoms with Gasteiger partial charge in [0.25, 0.3) is 0 Å². The third-order valence-electron chi connectivity index (χ3n) is 8.12. The van der Waals surface area contributed by atoms with Crippen LogP contribution >= 0.6 is 0 Å². The number of nitrogens with zero attached hydrogens (tertiary/aromatic N) is 2. The number of benzene rings is 6. The van der Waals surface area contributed by atoms with Crippen molar-refractivity contribution < 1.29 is 4.42 Å². The second-order valence-electron chi connectivity index (χ2n) is 10.2. The molecule has 6 aromatic carbocycles. The van der Waals surface area contributed by atoms with Crippen molar-refractivity contribution in [3.05, 3.63) is 133 Å². The summed E-state index contributed by atoms with van der Waals surface area (Å²) in [5, 5.41) is 7.29. The van der Waals surface area contributed by atoms with Gasteiger partial charge in [-0.25, -0.2) is 0 Å². The van der Waals surface area contributed by atoms with Crippen molar-refractivity contribution in [1.29, 1.82) is 0 Å². The van der Waals surface area contributed by atoms with Crippen molar-refractivity contribution in [2.75, 3.05) is 0 Å². The Morgan fingerprint density at radius 2 is 0.667 bits per heavy atom. The van der Waals surface area contributed by atoms with Crippen LogP contribution in [0, 0.1) is 0 Å². The summed E-state index contributed by atoms with van der Waals surface area (Å²) < 4.78 is 11.2. The molecule has 0 bridgehead atoms. The molecule has 0 fully saturated rings. The highest BCUT2D eigenvalue weighted by Gasteiger charge is 2.16. The van der Waals surface area contributed by atoms with Gasteiger partial charge in [0, 0.05) is 55.8 Å². The lowest BCUT2D eigenvalue weighted by molar-refractivity contribution is 0.668. The quantitative estimate of drug-likeness (QED) is 0.233. The first-order chi connectivity index (χ1) is 19.3. The fourth-order valence-electron chi connectivity index (χ4n) is 6.43. The molecule has 0 spiro atoms. The Labute approximate surface area is 223 Å². The molecule has 3 heterocycles. The lowest BCUT2D eigenvalue weighted by Gasteiger charge is -2.07. The molecule has 0 N–H and O–H groups in total. The zero-order valence-corrected chi connectivity index (χ0v) is 21.0. The van der Waals surface area contributed by atoms with Crippen LogP contribution in [0.2, 0.25) is 0 Å². The number of fused-ring (bicyclic) bond motifs is 9. The summed E-state index contributed by atoms with van der Waals surface area (Å²) >= 11 is 0. The molecule has 3 aromatic heterocycles. The van der Waals surface area contributed by atoms with Gasteiger partial charge in [-0.1, -0.05) is 72.8 Å². The third kappa shape index (κ3) is 2.82. The van der Waals surface area contributed by atoms with Crippen LogP contribution in [0.25, 0.3) is 76.9 Å². The molecule has 9 aromatic rings. The summed E-state index contributed by atoms with van der Waals surface area (Å²) in [6.45, 7) is 0. The summed E-state index contributed by atoms with van der Waals surface area (Å²) in [5.74, 6) is 0. The monoisotopic (exact) mass is 498 g/mol. The molecule has 0 amide bonds. The molecule has 3 heteroatoms. The number of hydrogen-bond donors (Lipinski definition) is 0. The average Bonchev–Trinajstić information content (AvgIpc) is 3.64. The first-order valence-corrected chi connectivity index (χ1v) is 13.3. The molecule has 3 nitrogen and oxygen atoms in total. The topological polar surface area (TPSA) is 23.0 Å². The number of rotatable bonds is 2.